The zero-order valence-corrected chi connectivity index (χ0v) is 24.0. The molecule has 3 amide bonds. The normalized spacial score (nSPS) is 21.8. The standard InChI is InChI=1S/C30H43N3O6/c1-6-38-28(37)22-10-14-32(15-11-22)27(36)24-20-39-30(33(24)26(35)23-9-7-8-21(2)18-23)12-16-31(17-13-30)25(34)19-29(3,4)5/h7-9,18,22,24H,6,10-17,19-20H2,1-5H3. The van der Waals surface area contributed by atoms with E-state index in [4.69, 9.17) is 9.47 Å². The van der Waals surface area contributed by atoms with Crippen molar-refractivity contribution in [3.8, 4) is 0 Å². The van der Waals surface area contributed by atoms with E-state index in [2.05, 4.69) is 0 Å². The molecule has 3 heterocycles. The largest absolute Gasteiger partial charge is 0.466 e. The van der Waals surface area contributed by atoms with E-state index >= 15 is 0 Å². The monoisotopic (exact) mass is 541 g/mol. The number of amides is 3. The number of piperidine rings is 2. The van der Waals surface area contributed by atoms with Crippen LogP contribution in [0.5, 0.6) is 0 Å². The van der Waals surface area contributed by atoms with Crippen molar-refractivity contribution < 1.29 is 28.7 Å². The average Bonchev–Trinajstić information content (AvgIpc) is 3.25. The molecular weight excluding hydrogens is 498 g/mol. The van der Waals surface area contributed by atoms with E-state index in [-0.39, 0.29) is 41.6 Å². The number of hydrogen-bond donors (Lipinski definition) is 0. The fraction of sp³-hybridized carbons (Fsp3) is 0.667. The molecule has 0 radical (unpaired) electrons. The minimum atomic E-state index is -0.942. The third-order valence-electron chi connectivity index (χ3n) is 8.04. The zero-order valence-electron chi connectivity index (χ0n) is 24.0. The summed E-state index contributed by atoms with van der Waals surface area (Å²) in [6.07, 6.45) is 2.44. The molecule has 3 saturated heterocycles. The molecule has 1 spiro atoms. The Bertz CT molecular complexity index is 1080. The maximum absolute atomic E-state index is 14.0. The first kappa shape index (κ1) is 29.1. The molecule has 9 heteroatoms. The van der Waals surface area contributed by atoms with Crippen molar-refractivity contribution in [2.75, 3.05) is 39.4 Å². The number of aryl methyl sites for hydroxylation is 1. The maximum Gasteiger partial charge on any atom is 0.309 e. The highest BCUT2D eigenvalue weighted by molar-refractivity contribution is 5.98. The van der Waals surface area contributed by atoms with E-state index in [1.165, 1.54) is 0 Å². The maximum atomic E-state index is 14.0. The predicted molar refractivity (Wildman–Crippen MR) is 146 cm³/mol. The third-order valence-corrected chi connectivity index (χ3v) is 8.04. The number of carbonyl (C=O) groups excluding carboxylic acids is 4. The molecule has 1 aromatic carbocycles. The van der Waals surface area contributed by atoms with Gasteiger partial charge in [-0.3, -0.25) is 24.1 Å². The predicted octanol–water partition coefficient (Wildman–Crippen LogP) is 3.39. The summed E-state index contributed by atoms with van der Waals surface area (Å²) in [5.74, 6) is -0.701. The molecule has 3 aliphatic heterocycles. The van der Waals surface area contributed by atoms with E-state index in [9.17, 15) is 19.2 Å². The smallest absolute Gasteiger partial charge is 0.309 e. The van der Waals surface area contributed by atoms with Crippen LogP contribution in [0, 0.1) is 18.3 Å². The van der Waals surface area contributed by atoms with Crippen LogP contribution in [-0.2, 0) is 23.9 Å². The summed E-state index contributed by atoms with van der Waals surface area (Å²) < 4.78 is 11.5. The fourth-order valence-electron chi connectivity index (χ4n) is 5.95. The molecule has 1 atom stereocenters. The lowest BCUT2D eigenvalue weighted by molar-refractivity contribution is -0.152. The molecule has 0 saturated carbocycles. The molecule has 3 fully saturated rings. The van der Waals surface area contributed by atoms with Gasteiger partial charge < -0.3 is 19.3 Å². The van der Waals surface area contributed by atoms with Gasteiger partial charge >= 0.3 is 5.97 Å². The van der Waals surface area contributed by atoms with E-state index in [0.29, 0.717) is 70.5 Å². The molecule has 0 N–H and O–H groups in total. The number of likely N-dealkylation sites (tertiary alicyclic amines) is 2. The molecular formula is C30H43N3O6. The Morgan fingerprint density at radius 1 is 1.03 bits per heavy atom. The highest BCUT2D eigenvalue weighted by atomic mass is 16.5. The SMILES string of the molecule is CCOC(=O)C1CCN(C(=O)C2COC3(CCN(C(=O)CC(C)(C)C)CC3)N2C(=O)c2cccc(C)c2)CC1. The second-order valence-electron chi connectivity index (χ2n) is 12.3. The first-order valence-corrected chi connectivity index (χ1v) is 14.2. The van der Waals surface area contributed by atoms with Gasteiger partial charge in [-0.1, -0.05) is 38.5 Å². The summed E-state index contributed by atoms with van der Waals surface area (Å²) in [5, 5.41) is 0. The third kappa shape index (κ3) is 6.45. The van der Waals surface area contributed by atoms with Crippen molar-refractivity contribution in [2.24, 2.45) is 11.3 Å². The van der Waals surface area contributed by atoms with Crippen LogP contribution in [0.3, 0.4) is 0 Å². The van der Waals surface area contributed by atoms with Gasteiger partial charge in [0.2, 0.25) is 11.8 Å². The number of carbonyl (C=O) groups is 4. The molecule has 1 aromatic rings. The van der Waals surface area contributed by atoms with Crippen LogP contribution in [0.15, 0.2) is 24.3 Å². The Kier molecular flexibility index (Phi) is 8.69. The molecule has 4 rings (SSSR count). The highest BCUT2D eigenvalue weighted by Gasteiger charge is 2.55. The molecule has 0 bridgehead atoms. The van der Waals surface area contributed by atoms with Crippen molar-refractivity contribution in [1.29, 1.82) is 0 Å². The lowest BCUT2D eigenvalue weighted by Gasteiger charge is -2.45. The van der Waals surface area contributed by atoms with Gasteiger partial charge in [0, 0.05) is 51.0 Å². The van der Waals surface area contributed by atoms with Crippen LogP contribution in [0.4, 0.5) is 0 Å². The topological polar surface area (TPSA) is 96.5 Å². The minimum absolute atomic E-state index is 0.101. The van der Waals surface area contributed by atoms with Gasteiger partial charge in [-0.2, -0.15) is 0 Å². The number of ether oxygens (including phenoxy) is 2. The summed E-state index contributed by atoms with van der Waals surface area (Å²) in [6.45, 7) is 12.1. The summed E-state index contributed by atoms with van der Waals surface area (Å²) in [5.41, 5.74) is 0.427. The van der Waals surface area contributed by atoms with Crippen LogP contribution < -0.4 is 0 Å². The molecule has 9 nitrogen and oxygen atoms in total. The van der Waals surface area contributed by atoms with Gasteiger partial charge in [-0.05, 0) is 44.2 Å². The molecule has 3 aliphatic rings. The second kappa shape index (κ2) is 11.7. The van der Waals surface area contributed by atoms with Gasteiger partial charge in [-0.15, -0.1) is 0 Å². The lowest BCUT2D eigenvalue weighted by atomic mass is 9.90. The zero-order chi connectivity index (χ0) is 28.4. The fourth-order valence-corrected chi connectivity index (χ4v) is 5.95. The first-order valence-electron chi connectivity index (χ1n) is 14.2. The van der Waals surface area contributed by atoms with Crippen molar-refractivity contribution in [3.63, 3.8) is 0 Å². The van der Waals surface area contributed by atoms with Crippen molar-refractivity contribution in [1.82, 2.24) is 14.7 Å². The Labute approximate surface area is 231 Å². The van der Waals surface area contributed by atoms with Gasteiger partial charge in [-0.25, -0.2) is 0 Å². The number of benzene rings is 1. The van der Waals surface area contributed by atoms with Crippen molar-refractivity contribution >= 4 is 23.7 Å². The van der Waals surface area contributed by atoms with Gasteiger partial charge in [0.15, 0.2) is 0 Å². The van der Waals surface area contributed by atoms with E-state index in [1.807, 2.05) is 50.8 Å². The lowest BCUT2D eigenvalue weighted by Crippen LogP contribution is -2.60. The minimum Gasteiger partial charge on any atom is -0.466 e. The Morgan fingerprint density at radius 2 is 1.69 bits per heavy atom. The van der Waals surface area contributed by atoms with E-state index < -0.39 is 11.8 Å². The van der Waals surface area contributed by atoms with Crippen LogP contribution in [0.1, 0.15) is 75.7 Å². The van der Waals surface area contributed by atoms with Crippen LogP contribution in [0.25, 0.3) is 0 Å². The molecule has 0 aromatic heterocycles. The highest BCUT2D eigenvalue weighted by Crippen LogP contribution is 2.40. The number of hydrogen-bond acceptors (Lipinski definition) is 6. The van der Waals surface area contributed by atoms with Gasteiger partial charge in [0.05, 0.1) is 19.1 Å². The Balaban J connectivity index is 1.53. The molecule has 39 heavy (non-hydrogen) atoms. The summed E-state index contributed by atoms with van der Waals surface area (Å²) in [6, 6.07) is 6.63. The van der Waals surface area contributed by atoms with Gasteiger partial charge in [0.25, 0.3) is 5.91 Å². The molecule has 214 valence electrons. The molecule has 1 unspecified atom stereocenters. The number of nitrogens with zero attached hydrogens (tertiary/aromatic N) is 3. The summed E-state index contributed by atoms with van der Waals surface area (Å²) >= 11 is 0. The Hall–Kier alpha value is -2.94. The molecule has 0 aliphatic carbocycles. The Morgan fingerprint density at radius 3 is 2.28 bits per heavy atom. The summed E-state index contributed by atoms with van der Waals surface area (Å²) in [4.78, 5) is 58.2. The number of esters is 1. The van der Waals surface area contributed by atoms with E-state index in [1.54, 1.807) is 22.8 Å². The second-order valence-corrected chi connectivity index (χ2v) is 12.3. The van der Waals surface area contributed by atoms with Crippen molar-refractivity contribution in [2.45, 2.75) is 78.5 Å². The first-order chi connectivity index (χ1) is 18.4. The van der Waals surface area contributed by atoms with Crippen LogP contribution in [0.2, 0.25) is 0 Å². The summed E-state index contributed by atoms with van der Waals surface area (Å²) in [7, 11) is 0. The van der Waals surface area contributed by atoms with Crippen molar-refractivity contribution in [3.05, 3.63) is 35.4 Å². The van der Waals surface area contributed by atoms with Gasteiger partial charge in [0.1, 0.15) is 11.8 Å². The quantitative estimate of drug-likeness (QED) is 0.531. The van der Waals surface area contributed by atoms with Crippen LogP contribution >= 0.6 is 0 Å². The number of rotatable bonds is 5. The van der Waals surface area contributed by atoms with Crippen LogP contribution in [-0.4, -0.2) is 89.6 Å². The average molecular weight is 542 g/mol. The van der Waals surface area contributed by atoms with E-state index in [0.717, 1.165) is 5.56 Å².